The second-order valence-electron chi connectivity index (χ2n) is 4.24. The Morgan fingerprint density at radius 3 is 2.56 bits per heavy atom. The minimum Gasteiger partial charge on any atom is -0.314 e. The monoisotopic (exact) mass is 287 g/mol. The fourth-order valence-corrected chi connectivity index (χ4v) is 2.50. The van der Waals surface area contributed by atoms with Gasteiger partial charge in [0.15, 0.2) is 0 Å². The molecule has 1 aromatic heterocycles. The van der Waals surface area contributed by atoms with Gasteiger partial charge in [-0.2, -0.15) is 5.10 Å². The Balaban J connectivity index is 2.73. The molecule has 1 aromatic rings. The molecule has 0 spiro atoms. The summed E-state index contributed by atoms with van der Waals surface area (Å²) in [6.45, 7) is 10.6. The number of halogens is 1. The maximum atomic E-state index is 4.59. The zero-order chi connectivity index (χ0) is 12.1. The molecule has 0 bridgehead atoms. The normalized spacial score (nSPS) is 11.4. The maximum absolute atomic E-state index is 4.59. The van der Waals surface area contributed by atoms with Crippen LogP contribution in [-0.4, -0.2) is 22.4 Å². The highest BCUT2D eigenvalue weighted by Gasteiger charge is 2.13. The Labute approximate surface area is 107 Å². The fraction of sp³-hybridized carbons (Fsp3) is 0.750. The first-order valence-electron chi connectivity index (χ1n) is 6.07. The van der Waals surface area contributed by atoms with Crippen LogP contribution in [0.3, 0.4) is 0 Å². The topological polar surface area (TPSA) is 29.9 Å². The van der Waals surface area contributed by atoms with Crippen molar-refractivity contribution in [2.24, 2.45) is 0 Å². The lowest BCUT2D eigenvalue weighted by atomic mass is 10.2. The van der Waals surface area contributed by atoms with Gasteiger partial charge in [0.05, 0.1) is 15.9 Å². The van der Waals surface area contributed by atoms with Crippen molar-refractivity contribution in [2.75, 3.05) is 6.54 Å². The number of rotatable bonds is 6. The van der Waals surface area contributed by atoms with E-state index in [2.05, 4.69) is 58.7 Å². The minimum absolute atomic E-state index is 0.544. The van der Waals surface area contributed by atoms with Gasteiger partial charge in [0, 0.05) is 25.6 Å². The van der Waals surface area contributed by atoms with Crippen molar-refractivity contribution in [1.29, 1.82) is 0 Å². The van der Waals surface area contributed by atoms with Crippen molar-refractivity contribution in [3.63, 3.8) is 0 Å². The van der Waals surface area contributed by atoms with E-state index in [1.807, 2.05) is 0 Å². The van der Waals surface area contributed by atoms with Crippen molar-refractivity contribution in [3.8, 4) is 0 Å². The van der Waals surface area contributed by atoms with E-state index in [-0.39, 0.29) is 0 Å². The third-order valence-corrected chi connectivity index (χ3v) is 3.52. The van der Waals surface area contributed by atoms with Gasteiger partial charge in [-0.15, -0.1) is 0 Å². The first-order chi connectivity index (χ1) is 7.60. The molecular formula is C12H22BrN3. The highest BCUT2D eigenvalue weighted by molar-refractivity contribution is 9.10. The largest absolute Gasteiger partial charge is 0.314 e. The Morgan fingerprint density at radius 1 is 1.38 bits per heavy atom. The summed E-state index contributed by atoms with van der Waals surface area (Å²) in [6, 6.07) is 0.544. The van der Waals surface area contributed by atoms with Gasteiger partial charge < -0.3 is 5.32 Å². The molecule has 0 saturated carbocycles. The molecule has 1 N–H and O–H groups in total. The van der Waals surface area contributed by atoms with Gasteiger partial charge in [-0.25, -0.2) is 0 Å². The molecule has 16 heavy (non-hydrogen) atoms. The van der Waals surface area contributed by atoms with E-state index in [4.69, 9.17) is 0 Å². The van der Waals surface area contributed by atoms with Crippen molar-refractivity contribution in [3.05, 3.63) is 15.9 Å². The average molecular weight is 288 g/mol. The molecule has 0 unspecified atom stereocenters. The maximum Gasteiger partial charge on any atom is 0.0766 e. The molecular weight excluding hydrogens is 266 g/mol. The first-order valence-corrected chi connectivity index (χ1v) is 6.86. The third kappa shape index (κ3) is 3.32. The summed E-state index contributed by atoms with van der Waals surface area (Å²) in [5.41, 5.74) is 2.48. The lowest BCUT2D eigenvalue weighted by Gasteiger charge is -2.09. The number of aromatic nitrogens is 2. The van der Waals surface area contributed by atoms with Gasteiger partial charge in [0.1, 0.15) is 0 Å². The van der Waals surface area contributed by atoms with Crippen LogP contribution in [0.5, 0.6) is 0 Å². The summed E-state index contributed by atoms with van der Waals surface area (Å²) in [5, 5.41) is 8.02. The first kappa shape index (κ1) is 13.7. The number of aryl methyl sites for hydroxylation is 2. The molecule has 3 nitrogen and oxygen atoms in total. The third-order valence-electron chi connectivity index (χ3n) is 2.61. The summed E-state index contributed by atoms with van der Waals surface area (Å²) in [4.78, 5) is 0. The molecule has 0 fully saturated rings. The molecule has 1 heterocycles. The summed E-state index contributed by atoms with van der Waals surface area (Å²) >= 11 is 3.66. The van der Waals surface area contributed by atoms with E-state index in [0.29, 0.717) is 6.04 Å². The van der Waals surface area contributed by atoms with Crippen molar-refractivity contribution >= 4 is 15.9 Å². The Kier molecular flexibility index (Phi) is 5.49. The molecule has 92 valence electrons. The fourth-order valence-electron chi connectivity index (χ4n) is 1.74. The zero-order valence-corrected chi connectivity index (χ0v) is 12.3. The minimum atomic E-state index is 0.544. The Bertz CT molecular complexity index is 331. The Hall–Kier alpha value is -0.350. The lowest BCUT2D eigenvalue weighted by molar-refractivity contribution is 0.559. The highest BCUT2D eigenvalue weighted by atomic mass is 79.9. The van der Waals surface area contributed by atoms with Crippen LogP contribution in [0.2, 0.25) is 0 Å². The van der Waals surface area contributed by atoms with E-state index in [1.165, 1.54) is 15.9 Å². The molecule has 0 amide bonds. The van der Waals surface area contributed by atoms with Crippen molar-refractivity contribution in [2.45, 2.75) is 53.1 Å². The van der Waals surface area contributed by atoms with Crippen LogP contribution < -0.4 is 5.32 Å². The van der Waals surface area contributed by atoms with Crippen LogP contribution in [-0.2, 0) is 19.4 Å². The highest BCUT2D eigenvalue weighted by Crippen LogP contribution is 2.22. The molecule has 1 rings (SSSR count). The number of nitrogens with zero attached hydrogens (tertiary/aromatic N) is 2. The zero-order valence-electron chi connectivity index (χ0n) is 10.7. The second kappa shape index (κ2) is 6.40. The second-order valence-corrected chi connectivity index (χ2v) is 5.03. The van der Waals surface area contributed by atoms with E-state index in [1.54, 1.807) is 0 Å². The molecule has 0 saturated heterocycles. The Morgan fingerprint density at radius 2 is 2.06 bits per heavy atom. The number of nitrogens with one attached hydrogen (secondary N) is 1. The van der Waals surface area contributed by atoms with Gasteiger partial charge >= 0.3 is 0 Å². The van der Waals surface area contributed by atoms with Gasteiger partial charge in [-0.05, 0) is 29.3 Å². The van der Waals surface area contributed by atoms with Crippen LogP contribution in [0.15, 0.2) is 4.47 Å². The molecule has 0 aliphatic rings. The van der Waals surface area contributed by atoms with E-state index in [0.717, 1.165) is 25.9 Å². The van der Waals surface area contributed by atoms with E-state index < -0.39 is 0 Å². The van der Waals surface area contributed by atoms with Crippen LogP contribution in [0.25, 0.3) is 0 Å². The van der Waals surface area contributed by atoms with Crippen LogP contribution in [0.4, 0.5) is 0 Å². The predicted octanol–water partition coefficient (Wildman–Crippen LogP) is 2.77. The SMILES string of the molecule is CCc1nn(CC)c(CCNC(C)C)c1Br. The average Bonchev–Trinajstić information content (AvgIpc) is 2.55. The summed E-state index contributed by atoms with van der Waals surface area (Å²) in [5.74, 6) is 0. The molecule has 4 heteroatoms. The summed E-state index contributed by atoms with van der Waals surface area (Å²) in [7, 11) is 0. The predicted molar refractivity (Wildman–Crippen MR) is 71.8 cm³/mol. The van der Waals surface area contributed by atoms with Crippen LogP contribution >= 0.6 is 15.9 Å². The number of hydrogen-bond acceptors (Lipinski definition) is 2. The van der Waals surface area contributed by atoms with Crippen molar-refractivity contribution in [1.82, 2.24) is 15.1 Å². The lowest BCUT2D eigenvalue weighted by Crippen LogP contribution is -2.25. The van der Waals surface area contributed by atoms with Gasteiger partial charge in [-0.3, -0.25) is 4.68 Å². The molecule has 0 aliphatic carbocycles. The van der Waals surface area contributed by atoms with Gasteiger partial charge in [0.25, 0.3) is 0 Å². The number of hydrogen-bond donors (Lipinski definition) is 1. The quantitative estimate of drug-likeness (QED) is 0.872. The standard InChI is InChI=1S/C12H22BrN3/c1-5-10-12(13)11(16(6-2)15-10)7-8-14-9(3)4/h9,14H,5-8H2,1-4H3. The van der Waals surface area contributed by atoms with Gasteiger partial charge in [0.2, 0.25) is 0 Å². The van der Waals surface area contributed by atoms with Crippen LogP contribution in [0, 0.1) is 0 Å². The molecule has 0 aromatic carbocycles. The van der Waals surface area contributed by atoms with Crippen molar-refractivity contribution < 1.29 is 0 Å². The molecule has 0 atom stereocenters. The van der Waals surface area contributed by atoms with E-state index in [9.17, 15) is 0 Å². The molecule has 0 aliphatic heterocycles. The smallest absolute Gasteiger partial charge is 0.0766 e. The summed E-state index contributed by atoms with van der Waals surface area (Å²) < 4.78 is 3.30. The molecule has 0 radical (unpaired) electrons. The summed E-state index contributed by atoms with van der Waals surface area (Å²) in [6.07, 6.45) is 2.01. The van der Waals surface area contributed by atoms with E-state index >= 15 is 0 Å². The van der Waals surface area contributed by atoms with Gasteiger partial charge in [-0.1, -0.05) is 20.8 Å². The van der Waals surface area contributed by atoms with Crippen LogP contribution in [0.1, 0.15) is 39.1 Å².